The van der Waals surface area contributed by atoms with Crippen molar-refractivity contribution in [2.45, 2.75) is 13.0 Å². The molecule has 1 rings (SSSR count). The second-order valence-electron chi connectivity index (χ2n) is 1.74. The summed E-state index contributed by atoms with van der Waals surface area (Å²) in [5, 5.41) is 6.05. The first-order valence-corrected chi connectivity index (χ1v) is 2.42. The zero-order valence-corrected chi connectivity index (χ0v) is 4.79. The fourth-order valence-corrected chi connectivity index (χ4v) is 0.579. The van der Waals surface area contributed by atoms with Gasteiger partial charge in [-0.05, 0) is 6.92 Å². The third-order valence-electron chi connectivity index (χ3n) is 1.09. The molecular formula is C4H5N3O2. The summed E-state index contributed by atoms with van der Waals surface area (Å²) in [7, 11) is 0. The highest BCUT2D eigenvalue weighted by Gasteiger charge is 2.27. The summed E-state index contributed by atoms with van der Waals surface area (Å²) in [5.74, 6) is -0.442. The number of carbonyl (C=O) groups excluding carboxylic acids is 1. The molecule has 0 spiro atoms. The molecule has 1 aliphatic heterocycles. The maximum absolute atomic E-state index is 10.5. The Morgan fingerprint density at radius 2 is 2.44 bits per heavy atom. The summed E-state index contributed by atoms with van der Waals surface area (Å²) in [6, 6.07) is -0.898. The Balaban J connectivity index is 2.79. The molecule has 1 atom stereocenters. The van der Waals surface area contributed by atoms with Gasteiger partial charge >= 0.3 is 0 Å². The molecule has 0 saturated heterocycles. The van der Waals surface area contributed by atoms with Crippen molar-refractivity contribution in [2.24, 2.45) is 10.3 Å². The van der Waals surface area contributed by atoms with E-state index in [0.29, 0.717) is 5.71 Å². The van der Waals surface area contributed by atoms with E-state index in [4.69, 9.17) is 0 Å². The lowest BCUT2D eigenvalue weighted by atomic mass is 10.2. The van der Waals surface area contributed by atoms with Crippen LogP contribution in [0, 0.1) is 4.91 Å². The number of hydrogen-bond donors (Lipinski definition) is 1. The molecule has 0 radical (unpaired) electrons. The van der Waals surface area contributed by atoms with E-state index in [0.717, 1.165) is 0 Å². The van der Waals surface area contributed by atoms with Crippen LogP contribution in [0.25, 0.3) is 0 Å². The number of carbonyl (C=O) groups is 1. The molecular weight excluding hydrogens is 122 g/mol. The third kappa shape index (κ3) is 0.802. The number of nitrogens with one attached hydrogen (secondary N) is 1. The molecule has 1 aliphatic rings. The van der Waals surface area contributed by atoms with Gasteiger partial charge in [0.2, 0.25) is 6.04 Å². The van der Waals surface area contributed by atoms with Crippen LogP contribution in [0.2, 0.25) is 0 Å². The molecule has 48 valence electrons. The average Bonchev–Trinajstić information content (AvgIpc) is 2.12. The van der Waals surface area contributed by atoms with E-state index >= 15 is 0 Å². The topological polar surface area (TPSA) is 70.9 Å². The quantitative estimate of drug-likeness (QED) is 0.488. The van der Waals surface area contributed by atoms with Crippen molar-refractivity contribution in [2.75, 3.05) is 0 Å². The lowest BCUT2D eigenvalue weighted by molar-refractivity contribution is -0.120. The summed E-state index contributed by atoms with van der Waals surface area (Å²) >= 11 is 0. The van der Waals surface area contributed by atoms with Gasteiger partial charge < -0.3 is 0 Å². The Morgan fingerprint density at radius 1 is 1.78 bits per heavy atom. The molecule has 5 heteroatoms. The van der Waals surface area contributed by atoms with E-state index in [1.807, 2.05) is 0 Å². The van der Waals surface area contributed by atoms with Crippen LogP contribution in [0.1, 0.15) is 6.92 Å². The maximum Gasteiger partial charge on any atom is 0.274 e. The molecule has 0 aliphatic carbocycles. The molecule has 0 unspecified atom stereocenters. The van der Waals surface area contributed by atoms with Crippen molar-refractivity contribution >= 4 is 11.6 Å². The van der Waals surface area contributed by atoms with Gasteiger partial charge in [0, 0.05) is 0 Å². The zero-order chi connectivity index (χ0) is 6.85. The Labute approximate surface area is 51.1 Å². The molecule has 1 amide bonds. The van der Waals surface area contributed by atoms with Gasteiger partial charge in [0.05, 0.1) is 5.71 Å². The second-order valence-corrected chi connectivity index (χ2v) is 1.74. The minimum atomic E-state index is -0.898. The fraction of sp³-hybridized carbons (Fsp3) is 0.500. The Bertz CT molecular complexity index is 186. The first-order valence-electron chi connectivity index (χ1n) is 2.42. The Hall–Kier alpha value is -1.26. The standard InChI is InChI=1S/C4H5N3O2/c1-2-3(7-9)4(8)6-5-2/h3H,1H3,(H,6,8)/t3-/m0/s1. The van der Waals surface area contributed by atoms with Gasteiger partial charge in [-0.3, -0.25) is 4.79 Å². The van der Waals surface area contributed by atoms with Crippen LogP contribution in [0.15, 0.2) is 10.3 Å². The molecule has 1 heterocycles. The predicted molar refractivity (Wildman–Crippen MR) is 30.8 cm³/mol. The molecule has 9 heavy (non-hydrogen) atoms. The van der Waals surface area contributed by atoms with Crippen LogP contribution < -0.4 is 5.43 Å². The molecule has 0 bridgehead atoms. The predicted octanol–water partition coefficient (Wildman–Crippen LogP) is -0.373. The van der Waals surface area contributed by atoms with Crippen molar-refractivity contribution in [3.05, 3.63) is 4.91 Å². The zero-order valence-electron chi connectivity index (χ0n) is 4.79. The van der Waals surface area contributed by atoms with Gasteiger partial charge in [0.25, 0.3) is 5.91 Å². The number of nitroso groups, excluding NO2 is 1. The van der Waals surface area contributed by atoms with Gasteiger partial charge in [0.1, 0.15) is 0 Å². The van der Waals surface area contributed by atoms with E-state index in [-0.39, 0.29) is 0 Å². The van der Waals surface area contributed by atoms with Gasteiger partial charge in [-0.2, -0.15) is 5.10 Å². The minimum absolute atomic E-state index is 0.426. The number of rotatable bonds is 1. The molecule has 0 aromatic rings. The Morgan fingerprint density at radius 3 is 2.67 bits per heavy atom. The highest BCUT2D eigenvalue weighted by Crippen LogP contribution is 2.00. The lowest BCUT2D eigenvalue weighted by Gasteiger charge is -1.90. The van der Waals surface area contributed by atoms with Crippen molar-refractivity contribution in [3.8, 4) is 0 Å². The minimum Gasteiger partial charge on any atom is -0.270 e. The summed E-state index contributed by atoms with van der Waals surface area (Å²) < 4.78 is 0. The summed E-state index contributed by atoms with van der Waals surface area (Å²) in [6.45, 7) is 1.57. The van der Waals surface area contributed by atoms with Gasteiger partial charge in [0.15, 0.2) is 0 Å². The van der Waals surface area contributed by atoms with Crippen molar-refractivity contribution in [3.63, 3.8) is 0 Å². The van der Waals surface area contributed by atoms with Gasteiger partial charge in [-0.1, -0.05) is 5.18 Å². The third-order valence-corrected chi connectivity index (χ3v) is 1.09. The molecule has 0 aromatic carbocycles. The van der Waals surface area contributed by atoms with Crippen LogP contribution in [0.4, 0.5) is 0 Å². The average molecular weight is 127 g/mol. The van der Waals surface area contributed by atoms with Crippen molar-refractivity contribution in [1.29, 1.82) is 0 Å². The normalized spacial score (nSPS) is 25.2. The number of hydrogen-bond acceptors (Lipinski definition) is 4. The molecule has 5 nitrogen and oxygen atoms in total. The van der Waals surface area contributed by atoms with E-state index in [1.165, 1.54) is 0 Å². The van der Waals surface area contributed by atoms with Crippen LogP contribution in [0.5, 0.6) is 0 Å². The maximum atomic E-state index is 10.5. The number of nitrogens with zero attached hydrogens (tertiary/aromatic N) is 2. The van der Waals surface area contributed by atoms with Crippen molar-refractivity contribution < 1.29 is 4.79 Å². The first kappa shape index (κ1) is 5.87. The largest absolute Gasteiger partial charge is 0.274 e. The highest BCUT2D eigenvalue weighted by molar-refractivity contribution is 6.10. The monoisotopic (exact) mass is 127 g/mol. The molecule has 0 saturated carbocycles. The van der Waals surface area contributed by atoms with Gasteiger partial charge in [-0.15, -0.1) is 4.91 Å². The van der Waals surface area contributed by atoms with E-state index < -0.39 is 11.9 Å². The van der Waals surface area contributed by atoms with Crippen LogP contribution >= 0.6 is 0 Å². The highest BCUT2D eigenvalue weighted by atomic mass is 16.3. The van der Waals surface area contributed by atoms with Crippen molar-refractivity contribution in [1.82, 2.24) is 5.43 Å². The molecule has 0 aromatic heterocycles. The number of hydrazone groups is 1. The smallest absolute Gasteiger partial charge is 0.270 e. The lowest BCUT2D eigenvalue weighted by Crippen LogP contribution is -2.25. The summed E-state index contributed by atoms with van der Waals surface area (Å²) in [4.78, 5) is 20.3. The molecule has 1 N–H and O–H groups in total. The van der Waals surface area contributed by atoms with Crippen LogP contribution in [0.3, 0.4) is 0 Å². The number of amides is 1. The summed E-state index contributed by atoms with van der Waals surface area (Å²) in [6.07, 6.45) is 0. The van der Waals surface area contributed by atoms with Crippen LogP contribution in [-0.2, 0) is 4.79 Å². The SMILES string of the molecule is CC1=NNC(=O)[C@H]1N=O. The first-order chi connectivity index (χ1) is 4.25. The molecule has 0 fully saturated rings. The fourth-order valence-electron chi connectivity index (χ4n) is 0.579. The Kier molecular flexibility index (Phi) is 1.26. The van der Waals surface area contributed by atoms with E-state index in [2.05, 4.69) is 15.7 Å². The van der Waals surface area contributed by atoms with E-state index in [9.17, 15) is 9.70 Å². The van der Waals surface area contributed by atoms with E-state index in [1.54, 1.807) is 6.92 Å². The van der Waals surface area contributed by atoms with Gasteiger partial charge in [-0.25, -0.2) is 5.43 Å². The summed E-state index contributed by atoms with van der Waals surface area (Å²) in [5.41, 5.74) is 2.55. The second kappa shape index (κ2) is 1.93. The van der Waals surface area contributed by atoms with Crippen LogP contribution in [-0.4, -0.2) is 17.7 Å².